The second-order valence-corrected chi connectivity index (χ2v) is 10.9. The third-order valence-electron chi connectivity index (χ3n) is 6.78. The summed E-state index contributed by atoms with van der Waals surface area (Å²) in [4.78, 5) is 40.4. The number of nitrogens with zero attached hydrogens (tertiary/aromatic N) is 2. The highest BCUT2D eigenvalue weighted by molar-refractivity contribution is 7.99. The fourth-order valence-corrected chi connectivity index (χ4v) is 5.52. The Balaban J connectivity index is 1.45. The van der Waals surface area contributed by atoms with Crippen molar-refractivity contribution >= 4 is 46.8 Å². The molecule has 3 aromatic rings. The summed E-state index contributed by atoms with van der Waals surface area (Å²) in [5.41, 5.74) is 6.55. The van der Waals surface area contributed by atoms with E-state index in [4.69, 9.17) is 4.74 Å². The van der Waals surface area contributed by atoms with E-state index < -0.39 is 6.03 Å². The number of aryl methyl sites for hydroxylation is 1. The van der Waals surface area contributed by atoms with Crippen LogP contribution >= 0.6 is 11.8 Å². The molecule has 1 aliphatic rings. The number of esters is 1. The Morgan fingerprint density at radius 1 is 0.951 bits per heavy atom. The molecule has 2 N–H and O–H groups in total. The number of rotatable bonds is 13. The number of unbranched alkanes of at least 4 members (excludes halogenated alkanes) is 4. The highest BCUT2D eigenvalue weighted by atomic mass is 32.2. The zero-order chi connectivity index (χ0) is 29.0. The van der Waals surface area contributed by atoms with Gasteiger partial charge >= 0.3 is 12.0 Å². The van der Waals surface area contributed by atoms with Gasteiger partial charge in [-0.25, -0.2) is 15.0 Å². The van der Waals surface area contributed by atoms with Crippen LogP contribution in [0.2, 0.25) is 0 Å². The van der Waals surface area contributed by atoms with Gasteiger partial charge in [0.2, 0.25) is 0 Å². The molecule has 41 heavy (non-hydrogen) atoms. The van der Waals surface area contributed by atoms with Crippen LogP contribution in [0.4, 0.5) is 16.2 Å². The monoisotopic (exact) mass is 572 g/mol. The van der Waals surface area contributed by atoms with E-state index in [1.54, 1.807) is 40.9 Å². The molecule has 0 radical (unpaired) electrons. The van der Waals surface area contributed by atoms with Crippen LogP contribution in [-0.4, -0.2) is 43.0 Å². The maximum absolute atomic E-state index is 13.4. The summed E-state index contributed by atoms with van der Waals surface area (Å²) >= 11 is 1.68. The van der Waals surface area contributed by atoms with Gasteiger partial charge in [0, 0.05) is 28.4 Å². The van der Waals surface area contributed by atoms with E-state index in [0.29, 0.717) is 17.8 Å². The maximum atomic E-state index is 13.4. The predicted molar refractivity (Wildman–Crippen MR) is 165 cm³/mol. The third kappa shape index (κ3) is 8.20. The quantitative estimate of drug-likeness (QED) is 0.103. The molecule has 1 aliphatic heterocycles. The fraction of sp³-hybridized carbons (Fsp3) is 0.312. The second-order valence-electron chi connectivity index (χ2n) is 9.73. The van der Waals surface area contributed by atoms with Gasteiger partial charge in [0.05, 0.1) is 18.4 Å². The lowest BCUT2D eigenvalue weighted by atomic mass is 10.1. The zero-order valence-corrected chi connectivity index (χ0v) is 24.3. The lowest BCUT2D eigenvalue weighted by molar-refractivity contribution is -0.112. The number of carbonyl (C=O) groups excluding carboxylic acids is 3. The van der Waals surface area contributed by atoms with Crippen LogP contribution in [0.25, 0.3) is 0 Å². The Hall–Kier alpha value is -4.11. The van der Waals surface area contributed by atoms with Gasteiger partial charge in [0.25, 0.3) is 5.91 Å². The highest BCUT2D eigenvalue weighted by Crippen LogP contribution is 2.34. The molecule has 0 bridgehead atoms. The summed E-state index contributed by atoms with van der Waals surface area (Å²) in [7, 11) is 1.37. The lowest BCUT2D eigenvalue weighted by Gasteiger charge is -2.17. The summed E-state index contributed by atoms with van der Waals surface area (Å²) in [5, 5.41) is 6.99. The average molecular weight is 573 g/mol. The van der Waals surface area contributed by atoms with Crippen molar-refractivity contribution in [1.82, 2.24) is 5.43 Å². The Kier molecular flexibility index (Phi) is 11.0. The number of fused-ring (bicyclic) bond motifs is 1. The maximum Gasteiger partial charge on any atom is 0.339 e. The molecule has 0 atom stereocenters. The number of hydrogen-bond acceptors (Lipinski definition) is 6. The first kappa shape index (κ1) is 29.9. The van der Waals surface area contributed by atoms with Crippen LogP contribution in [-0.2, 0) is 16.0 Å². The van der Waals surface area contributed by atoms with Crippen LogP contribution < -0.4 is 15.6 Å². The molecular formula is C32H36N4O4S. The number of ether oxygens (including phenoxy) is 1. The minimum absolute atomic E-state index is 0.205. The van der Waals surface area contributed by atoms with Gasteiger partial charge in [0.1, 0.15) is 0 Å². The van der Waals surface area contributed by atoms with Crippen molar-refractivity contribution in [3.05, 3.63) is 89.5 Å². The molecule has 0 fully saturated rings. The SMILES string of the molecule is CCCCCCCN1C(=O)C(=NNC(=O)Nc2ccccc2)c2cc(SCCc3ccc(C(=O)OC)cc3)ccc21. The van der Waals surface area contributed by atoms with Gasteiger partial charge in [-0.05, 0) is 60.9 Å². The molecule has 0 saturated heterocycles. The van der Waals surface area contributed by atoms with E-state index in [2.05, 4.69) is 22.8 Å². The number of thioether (sulfide) groups is 1. The summed E-state index contributed by atoms with van der Waals surface area (Å²) in [6, 6.07) is 21.9. The molecular weight excluding hydrogens is 536 g/mol. The number of carbonyl (C=O) groups is 3. The van der Waals surface area contributed by atoms with Gasteiger partial charge in [-0.3, -0.25) is 4.79 Å². The van der Waals surface area contributed by atoms with E-state index >= 15 is 0 Å². The molecule has 0 aromatic heterocycles. The van der Waals surface area contributed by atoms with Crippen LogP contribution in [0.5, 0.6) is 0 Å². The standard InChI is InChI=1S/C32H36N4O4S/c1-3-4-5-6-10-20-36-28-18-17-26(41-21-19-23-13-15-24(16-14-23)31(38)40-2)22-27(28)29(30(36)37)34-35-32(39)33-25-11-8-7-9-12-25/h7-9,11-18,22H,3-6,10,19-21H2,1-2H3,(H2,33,35,39). The van der Waals surface area contributed by atoms with Crippen molar-refractivity contribution in [2.45, 2.75) is 50.3 Å². The number of methoxy groups -OCH3 is 1. The van der Waals surface area contributed by atoms with Crippen LogP contribution in [0.3, 0.4) is 0 Å². The molecule has 1 heterocycles. The van der Waals surface area contributed by atoms with Gasteiger partial charge in [-0.15, -0.1) is 11.8 Å². The van der Waals surface area contributed by atoms with Crippen LogP contribution in [0, 0.1) is 0 Å². The zero-order valence-electron chi connectivity index (χ0n) is 23.5. The van der Waals surface area contributed by atoms with Crippen molar-refractivity contribution in [2.75, 3.05) is 29.6 Å². The van der Waals surface area contributed by atoms with E-state index in [1.165, 1.54) is 13.5 Å². The molecule has 0 spiro atoms. The summed E-state index contributed by atoms with van der Waals surface area (Å²) in [5.74, 6) is 0.261. The van der Waals surface area contributed by atoms with Crippen molar-refractivity contribution in [1.29, 1.82) is 0 Å². The number of benzene rings is 3. The first-order valence-electron chi connectivity index (χ1n) is 14.0. The van der Waals surface area contributed by atoms with Gasteiger partial charge < -0.3 is 15.0 Å². The third-order valence-corrected chi connectivity index (χ3v) is 7.78. The Labute approximate surface area is 245 Å². The number of amides is 3. The summed E-state index contributed by atoms with van der Waals surface area (Å²) < 4.78 is 4.76. The fourth-order valence-electron chi connectivity index (χ4n) is 4.59. The first-order valence-corrected chi connectivity index (χ1v) is 14.9. The number of para-hydroxylation sites is 1. The number of anilines is 2. The minimum atomic E-state index is -0.514. The molecule has 0 unspecified atom stereocenters. The van der Waals surface area contributed by atoms with Crippen molar-refractivity contribution in [3.8, 4) is 0 Å². The van der Waals surface area contributed by atoms with Crippen molar-refractivity contribution in [3.63, 3.8) is 0 Å². The van der Waals surface area contributed by atoms with Gasteiger partial charge in [-0.1, -0.05) is 62.9 Å². The molecule has 0 saturated carbocycles. The van der Waals surface area contributed by atoms with Gasteiger partial charge in [0.15, 0.2) is 5.71 Å². The van der Waals surface area contributed by atoms with Crippen LogP contribution in [0.1, 0.15) is 60.5 Å². The molecule has 3 amide bonds. The largest absolute Gasteiger partial charge is 0.465 e. The molecule has 0 aliphatic carbocycles. The van der Waals surface area contributed by atoms with Crippen LogP contribution in [0.15, 0.2) is 82.8 Å². The average Bonchev–Trinajstić information content (AvgIpc) is 3.25. The second kappa shape index (κ2) is 15.0. The number of nitrogens with one attached hydrogen (secondary N) is 2. The van der Waals surface area contributed by atoms with E-state index in [-0.39, 0.29) is 17.6 Å². The Morgan fingerprint density at radius 2 is 1.71 bits per heavy atom. The highest BCUT2D eigenvalue weighted by Gasteiger charge is 2.34. The van der Waals surface area contributed by atoms with E-state index in [9.17, 15) is 14.4 Å². The van der Waals surface area contributed by atoms with Gasteiger partial charge in [-0.2, -0.15) is 5.10 Å². The molecule has 214 valence electrons. The normalized spacial score (nSPS) is 13.3. The van der Waals surface area contributed by atoms with Crippen molar-refractivity contribution in [2.24, 2.45) is 5.10 Å². The number of urea groups is 1. The first-order chi connectivity index (χ1) is 20.0. The Bertz CT molecular complexity index is 1380. The molecule has 8 nitrogen and oxygen atoms in total. The number of hydrogen-bond donors (Lipinski definition) is 2. The molecule has 3 aromatic carbocycles. The summed E-state index contributed by atoms with van der Waals surface area (Å²) in [6.07, 6.45) is 6.28. The Morgan fingerprint density at radius 3 is 2.44 bits per heavy atom. The smallest absolute Gasteiger partial charge is 0.339 e. The minimum Gasteiger partial charge on any atom is -0.465 e. The van der Waals surface area contributed by atoms with Crippen molar-refractivity contribution < 1.29 is 19.1 Å². The summed E-state index contributed by atoms with van der Waals surface area (Å²) in [6.45, 7) is 2.79. The predicted octanol–water partition coefficient (Wildman–Crippen LogP) is 6.65. The van der Waals surface area contributed by atoms with E-state index in [0.717, 1.165) is 59.6 Å². The molecule has 9 heteroatoms. The number of hydrazone groups is 1. The topological polar surface area (TPSA) is 100 Å². The molecule has 4 rings (SSSR count). The van der Waals surface area contributed by atoms with E-state index in [1.807, 2.05) is 48.5 Å². The lowest BCUT2D eigenvalue weighted by Crippen LogP contribution is -2.33.